The number of anilines is 1. The van der Waals surface area contributed by atoms with Gasteiger partial charge in [0, 0.05) is 11.8 Å². The molecule has 0 heterocycles. The Hall–Kier alpha value is -1.71. The first-order chi connectivity index (χ1) is 6.59. The molecular weight excluding hydrogens is 182 g/mol. The molecule has 4 nitrogen and oxygen atoms in total. The number of nitrogens with two attached hydrogens (primary N) is 1. The van der Waals surface area contributed by atoms with E-state index >= 15 is 0 Å². The Kier molecular flexibility index (Phi) is 3.34. The van der Waals surface area contributed by atoms with Gasteiger partial charge in [0.25, 0.3) is 0 Å². The van der Waals surface area contributed by atoms with Gasteiger partial charge >= 0.3 is 5.97 Å². The van der Waals surface area contributed by atoms with Crippen LogP contribution in [-0.2, 0) is 4.79 Å². The van der Waals surface area contributed by atoms with Crippen molar-refractivity contribution in [2.75, 3.05) is 12.3 Å². The zero-order chi connectivity index (χ0) is 10.6. The number of nitrogen functional groups attached to an aromatic ring is 1. The zero-order valence-corrected chi connectivity index (χ0v) is 7.93. The SMILES string of the molecule is CC(COc1cccc(N)c1)C(=O)O. The molecule has 0 saturated heterocycles. The van der Waals surface area contributed by atoms with Crippen LogP contribution in [0.5, 0.6) is 5.75 Å². The van der Waals surface area contributed by atoms with E-state index < -0.39 is 11.9 Å². The van der Waals surface area contributed by atoms with Crippen LogP contribution in [0.4, 0.5) is 5.69 Å². The molecule has 0 aliphatic carbocycles. The summed E-state index contributed by atoms with van der Waals surface area (Å²) in [5.74, 6) is -0.788. The summed E-state index contributed by atoms with van der Waals surface area (Å²) in [7, 11) is 0. The van der Waals surface area contributed by atoms with E-state index in [4.69, 9.17) is 15.6 Å². The monoisotopic (exact) mass is 195 g/mol. The van der Waals surface area contributed by atoms with Crippen molar-refractivity contribution >= 4 is 11.7 Å². The van der Waals surface area contributed by atoms with Gasteiger partial charge in [-0.2, -0.15) is 0 Å². The lowest BCUT2D eigenvalue weighted by molar-refractivity contribution is -0.142. The van der Waals surface area contributed by atoms with E-state index in [9.17, 15) is 4.79 Å². The Bertz CT molecular complexity index is 325. The second-order valence-electron chi connectivity index (χ2n) is 3.12. The molecule has 1 aromatic carbocycles. The Morgan fingerprint density at radius 2 is 2.36 bits per heavy atom. The number of carbonyl (C=O) groups is 1. The van der Waals surface area contributed by atoms with Gasteiger partial charge in [0.1, 0.15) is 12.4 Å². The third kappa shape index (κ3) is 2.97. The summed E-state index contributed by atoms with van der Waals surface area (Å²) in [4.78, 5) is 10.5. The minimum Gasteiger partial charge on any atom is -0.493 e. The first-order valence-corrected chi connectivity index (χ1v) is 4.30. The highest BCUT2D eigenvalue weighted by Gasteiger charge is 2.11. The van der Waals surface area contributed by atoms with Crippen LogP contribution in [0, 0.1) is 5.92 Å². The number of rotatable bonds is 4. The van der Waals surface area contributed by atoms with Gasteiger partial charge in [0.15, 0.2) is 0 Å². The topological polar surface area (TPSA) is 72.5 Å². The molecule has 14 heavy (non-hydrogen) atoms. The standard InChI is InChI=1S/C10H13NO3/c1-7(10(12)13)6-14-9-4-2-3-8(11)5-9/h2-5,7H,6,11H2,1H3,(H,12,13). The molecule has 1 aromatic rings. The summed E-state index contributed by atoms with van der Waals surface area (Å²) in [6, 6.07) is 6.91. The van der Waals surface area contributed by atoms with Gasteiger partial charge in [-0.25, -0.2) is 0 Å². The van der Waals surface area contributed by atoms with Gasteiger partial charge in [-0.3, -0.25) is 4.79 Å². The van der Waals surface area contributed by atoms with Crippen LogP contribution < -0.4 is 10.5 Å². The predicted octanol–water partition coefficient (Wildman–Crippen LogP) is 1.37. The molecule has 1 atom stereocenters. The first kappa shape index (κ1) is 10.4. The van der Waals surface area contributed by atoms with Crippen molar-refractivity contribution in [3.05, 3.63) is 24.3 Å². The van der Waals surface area contributed by atoms with Gasteiger partial charge in [-0.15, -0.1) is 0 Å². The van der Waals surface area contributed by atoms with Crippen LogP contribution in [0.15, 0.2) is 24.3 Å². The van der Waals surface area contributed by atoms with E-state index in [2.05, 4.69) is 0 Å². The van der Waals surface area contributed by atoms with E-state index in [-0.39, 0.29) is 6.61 Å². The molecule has 0 saturated carbocycles. The summed E-state index contributed by atoms with van der Waals surface area (Å²) >= 11 is 0. The summed E-state index contributed by atoms with van der Waals surface area (Å²) in [6.07, 6.45) is 0. The molecule has 0 bridgehead atoms. The summed E-state index contributed by atoms with van der Waals surface area (Å²) in [5, 5.41) is 8.61. The van der Waals surface area contributed by atoms with Crippen LogP contribution in [0.2, 0.25) is 0 Å². The largest absolute Gasteiger partial charge is 0.493 e. The molecule has 0 aliphatic heterocycles. The molecule has 4 heteroatoms. The number of benzene rings is 1. The Morgan fingerprint density at radius 1 is 1.64 bits per heavy atom. The van der Waals surface area contributed by atoms with Crippen LogP contribution >= 0.6 is 0 Å². The minimum atomic E-state index is -0.867. The maximum Gasteiger partial charge on any atom is 0.309 e. The number of hydrogen-bond donors (Lipinski definition) is 2. The van der Waals surface area contributed by atoms with Crippen LogP contribution in [0.3, 0.4) is 0 Å². The maximum absolute atomic E-state index is 10.5. The van der Waals surface area contributed by atoms with E-state index in [1.807, 2.05) is 0 Å². The van der Waals surface area contributed by atoms with Gasteiger partial charge in [0.05, 0.1) is 5.92 Å². The van der Waals surface area contributed by atoms with Crippen molar-refractivity contribution < 1.29 is 14.6 Å². The number of carboxylic acid groups (broad SMARTS) is 1. The van der Waals surface area contributed by atoms with Crippen molar-refractivity contribution in [3.8, 4) is 5.75 Å². The van der Waals surface area contributed by atoms with Gasteiger partial charge in [-0.05, 0) is 19.1 Å². The maximum atomic E-state index is 10.5. The fourth-order valence-electron chi connectivity index (χ4n) is 0.897. The van der Waals surface area contributed by atoms with Crippen LogP contribution in [0.25, 0.3) is 0 Å². The molecule has 76 valence electrons. The molecule has 0 fully saturated rings. The smallest absolute Gasteiger partial charge is 0.309 e. The van der Waals surface area contributed by atoms with E-state index in [0.717, 1.165) is 0 Å². The Labute approximate surface area is 82.3 Å². The van der Waals surface area contributed by atoms with Crippen LogP contribution in [-0.4, -0.2) is 17.7 Å². The lowest BCUT2D eigenvalue weighted by atomic mass is 10.2. The highest BCUT2D eigenvalue weighted by molar-refractivity contribution is 5.69. The molecule has 0 spiro atoms. The molecule has 0 radical (unpaired) electrons. The fraction of sp³-hybridized carbons (Fsp3) is 0.300. The predicted molar refractivity (Wildman–Crippen MR) is 53.1 cm³/mol. The summed E-state index contributed by atoms with van der Waals surface area (Å²) in [6.45, 7) is 1.74. The summed E-state index contributed by atoms with van der Waals surface area (Å²) in [5.41, 5.74) is 6.13. The van der Waals surface area contributed by atoms with Gasteiger partial charge < -0.3 is 15.6 Å². The highest BCUT2D eigenvalue weighted by atomic mass is 16.5. The van der Waals surface area contributed by atoms with Crippen LogP contribution in [0.1, 0.15) is 6.92 Å². The Morgan fingerprint density at radius 3 is 2.93 bits per heavy atom. The molecule has 3 N–H and O–H groups in total. The molecule has 0 amide bonds. The molecule has 1 unspecified atom stereocenters. The fourth-order valence-corrected chi connectivity index (χ4v) is 0.897. The average molecular weight is 195 g/mol. The highest BCUT2D eigenvalue weighted by Crippen LogP contribution is 2.15. The van der Waals surface area contributed by atoms with Crippen molar-refractivity contribution in [1.82, 2.24) is 0 Å². The third-order valence-corrected chi connectivity index (χ3v) is 1.78. The summed E-state index contributed by atoms with van der Waals surface area (Å²) < 4.78 is 5.25. The molecular formula is C10H13NO3. The van der Waals surface area contributed by atoms with Crippen molar-refractivity contribution in [1.29, 1.82) is 0 Å². The van der Waals surface area contributed by atoms with Crippen molar-refractivity contribution in [3.63, 3.8) is 0 Å². The lowest BCUT2D eigenvalue weighted by Crippen LogP contribution is -2.17. The molecule has 1 rings (SSSR count). The second-order valence-corrected chi connectivity index (χ2v) is 3.12. The van der Waals surface area contributed by atoms with Gasteiger partial charge in [-0.1, -0.05) is 6.07 Å². The first-order valence-electron chi connectivity index (χ1n) is 4.30. The molecule has 0 aromatic heterocycles. The quantitative estimate of drug-likeness (QED) is 0.711. The van der Waals surface area contributed by atoms with E-state index in [0.29, 0.717) is 11.4 Å². The van der Waals surface area contributed by atoms with E-state index in [1.165, 1.54) is 0 Å². The van der Waals surface area contributed by atoms with Crippen molar-refractivity contribution in [2.45, 2.75) is 6.92 Å². The number of ether oxygens (including phenoxy) is 1. The average Bonchev–Trinajstić information content (AvgIpc) is 2.14. The van der Waals surface area contributed by atoms with E-state index in [1.54, 1.807) is 31.2 Å². The number of hydrogen-bond acceptors (Lipinski definition) is 3. The zero-order valence-electron chi connectivity index (χ0n) is 7.93. The van der Waals surface area contributed by atoms with Crippen molar-refractivity contribution in [2.24, 2.45) is 5.92 Å². The Balaban J connectivity index is 2.49. The lowest BCUT2D eigenvalue weighted by Gasteiger charge is -2.09. The number of aliphatic carboxylic acids is 1. The number of carboxylic acids is 1. The minimum absolute atomic E-state index is 0.152. The molecule has 0 aliphatic rings. The van der Waals surface area contributed by atoms with Gasteiger partial charge in [0.2, 0.25) is 0 Å². The second kappa shape index (κ2) is 4.50. The normalized spacial score (nSPS) is 12.1. The third-order valence-electron chi connectivity index (χ3n) is 1.78.